The predicted molar refractivity (Wildman–Crippen MR) is 71.1 cm³/mol. The molecule has 2 rings (SSSR count). The summed E-state index contributed by atoms with van der Waals surface area (Å²) in [6.45, 7) is 0. The molecular formula is C12H8Cl2N2O2. The van der Waals surface area contributed by atoms with E-state index in [0.717, 1.165) is 0 Å². The highest BCUT2D eigenvalue weighted by Gasteiger charge is 2.14. The molecule has 18 heavy (non-hydrogen) atoms. The molecule has 0 aliphatic heterocycles. The highest BCUT2D eigenvalue weighted by atomic mass is 35.5. The Hall–Kier alpha value is -1.78. The van der Waals surface area contributed by atoms with Crippen molar-refractivity contribution in [3.8, 4) is 11.3 Å². The van der Waals surface area contributed by atoms with Crippen LogP contribution in [0.5, 0.6) is 0 Å². The number of nitrogens with two attached hydrogens (primary N) is 1. The van der Waals surface area contributed by atoms with Gasteiger partial charge in [0, 0.05) is 15.6 Å². The average molecular weight is 283 g/mol. The molecule has 2 aromatic rings. The Morgan fingerprint density at radius 2 is 1.78 bits per heavy atom. The van der Waals surface area contributed by atoms with Crippen molar-refractivity contribution < 1.29 is 9.90 Å². The van der Waals surface area contributed by atoms with Crippen LogP contribution in [0.2, 0.25) is 10.0 Å². The molecule has 1 heterocycles. The highest BCUT2D eigenvalue weighted by molar-refractivity contribution is 6.35. The van der Waals surface area contributed by atoms with E-state index in [1.54, 1.807) is 18.2 Å². The van der Waals surface area contributed by atoms with E-state index >= 15 is 0 Å². The van der Waals surface area contributed by atoms with Crippen molar-refractivity contribution in [2.75, 3.05) is 5.73 Å². The molecule has 0 radical (unpaired) electrons. The summed E-state index contributed by atoms with van der Waals surface area (Å²) in [5.41, 5.74) is 6.63. The average Bonchev–Trinajstić information content (AvgIpc) is 2.27. The summed E-state index contributed by atoms with van der Waals surface area (Å²) in [7, 11) is 0. The molecule has 1 aromatic carbocycles. The molecule has 0 saturated heterocycles. The second-order valence-corrected chi connectivity index (χ2v) is 4.50. The largest absolute Gasteiger partial charge is 0.478 e. The first-order chi connectivity index (χ1) is 8.47. The van der Waals surface area contributed by atoms with Crippen LogP contribution in [0.4, 0.5) is 5.69 Å². The van der Waals surface area contributed by atoms with Crippen molar-refractivity contribution >= 4 is 34.9 Å². The molecule has 0 atom stereocenters. The zero-order chi connectivity index (χ0) is 13.3. The van der Waals surface area contributed by atoms with Gasteiger partial charge in [-0.25, -0.2) is 4.79 Å². The third-order valence-corrected chi connectivity index (χ3v) is 2.71. The maximum atomic E-state index is 11.2. The lowest BCUT2D eigenvalue weighted by molar-refractivity contribution is 0.0697. The van der Waals surface area contributed by atoms with E-state index in [1.807, 2.05) is 0 Å². The summed E-state index contributed by atoms with van der Waals surface area (Å²) in [6.07, 6.45) is 1.39. The van der Waals surface area contributed by atoms with E-state index < -0.39 is 5.97 Å². The third kappa shape index (κ3) is 2.55. The number of hydrogen-bond donors (Lipinski definition) is 2. The van der Waals surface area contributed by atoms with Gasteiger partial charge in [-0.2, -0.15) is 0 Å². The van der Waals surface area contributed by atoms with E-state index in [1.165, 1.54) is 12.3 Å². The van der Waals surface area contributed by atoms with Gasteiger partial charge in [-0.3, -0.25) is 4.98 Å². The molecule has 1 aromatic heterocycles. The van der Waals surface area contributed by atoms with Crippen molar-refractivity contribution in [1.29, 1.82) is 0 Å². The van der Waals surface area contributed by atoms with Crippen molar-refractivity contribution in [3.05, 3.63) is 46.1 Å². The lowest BCUT2D eigenvalue weighted by Crippen LogP contribution is -2.03. The molecule has 3 N–H and O–H groups in total. The van der Waals surface area contributed by atoms with E-state index in [2.05, 4.69) is 4.98 Å². The molecule has 0 amide bonds. The molecule has 0 bridgehead atoms. The summed E-state index contributed by atoms with van der Waals surface area (Å²) in [5, 5.41) is 9.95. The number of nitrogen functional groups attached to an aromatic ring is 1. The smallest absolute Gasteiger partial charge is 0.337 e. The van der Waals surface area contributed by atoms with Crippen LogP contribution >= 0.6 is 23.2 Å². The van der Waals surface area contributed by atoms with Crippen LogP contribution < -0.4 is 5.73 Å². The van der Waals surface area contributed by atoms with Crippen LogP contribution in [0.1, 0.15) is 10.4 Å². The quantitative estimate of drug-likeness (QED) is 0.886. The van der Waals surface area contributed by atoms with E-state index in [4.69, 9.17) is 34.0 Å². The first kappa shape index (κ1) is 12.7. The zero-order valence-corrected chi connectivity index (χ0v) is 10.5. The molecule has 92 valence electrons. The number of pyridine rings is 1. The van der Waals surface area contributed by atoms with Gasteiger partial charge in [0.1, 0.15) is 0 Å². The Morgan fingerprint density at radius 1 is 1.17 bits per heavy atom. The summed E-state index contributed by atoms with van der Waals surface area (Å²) >= 11 is 11.8. The number of nitrogens with zero attached hydrogens (tertiary/aromatic N) is 1. The van der Waals surface area contributed by atoms with Crippen molar-refractivity contribution in [2.45, 2.75) is 0 Å². The van der Waals surface area contributed by atoms with Gasteiger partial charge in [-0.05, 0) is 24.3 Å². The normalized spacial score (nSPS) is 10.3. The second-order valence-electron chi connectivity index (χ2n) is 3.63. The summed E-state index contributed by atoms with van der Waals surface area (Å²) in [6, 6.07) is 6.10. The Morgan fingerprint density at radius 3 is 2.33 bits per heavy atom. The van der Waals surface area contributed by atoms with Crippen LogP contribution in [-0.4, -0.2) is 16.1 Å². The summed E-state index contributed by atoms with van der Waals surface area (Å²) < 4.78 is 0. The number of anilines is 1. The predicted octanol–water partition coefficient (Wildman–Crippen LogP) is 3.34. The van der Waals surface area contributed by atoms with Gasteiger partial charge in [0.15, 0.2) is 0 Å². The van der Waals surface area contributed by atoms with Gasteiger partial charge in [0.2, 0.25) is 0 Å². The Bertz CT molecular complexity index is 609. The topological polar surface area (TPSA) is 76.2 Å². The summed E-state index contributed by atoms with van der Waals surface area (Å²) in [4.78, 5) is 15.2. The third-order valence-electron chi connectivity index (χ3n) is 2.28. The van der Waals surface area contributed by atoms with Gasteiger partial charge >= 0.3 is 5.97 Å². The SMILES string of the molecule is Nc1cnc(-c2cc(Cl)cc(Cl)c2)c(C(=O)O)c1. The maximum Gasteiger partial charge on any atom is 0.337 e. The monoisotopic (exact) mass is 282 g/mol. The first-order valence-corrected chi connectivity index (χ1v) is 5.68. The standard InChI is InChI=1S/C12H8Cl2N2O2/c13-7-1-6(2-8(14)3-7)11-10(12(17)18)4-9(15)5-16-11/h1-5H,15H2,(H,17,18). The number of carboxylic acid groups (broad SMARTS) is 1. The molecule has 0 spiro atoms. The Balaban J connectivity index is 2.66. The fraction of sp³-hybridized carbons (Fsp3) is 0. The van der Waals surface area contributed by atoms with Crippen LogP contribution in [0, 0.1) is 0 Å². The van der Waals surface area contributed by atoms with Crippen molar-refractivity contribution in [1.82, 2.24) is 4.98 Å². The van der Waals surface area contributed by atoms with Gasteiger partial charge in [0.05, 0.1) is 23.1 Å². The maximum absolute atomic E-state index is 11.2. The fourth-order valence-electron chi connectivity index (χ4n) is 1.56. The number of carbonyl (C=O) groups is 1. The number of benzene rings is 1. The molecule has 6 heteroatoms. The van der Waals surface area contributed by atoms with Gasteiger partial charge < -0.3 is 10.8 Å². The van der Waals surface area contributed by atoms with Crippen molar-refractivity contribution in [2.24, 2.45) is 0 Å². The fourth-order valence-corrected chi connectivity index (χ4v) is 2.09. The van der Waals surface area contributed by atoms with Gasteiger partial charge in [0.25, 0.3) is 0 Å². The minimum absolute atomic E-state index is 0.00772. The number of aromatic nitrogens is 1. The van der Waals surface area contributed by atoms with E-state index in [0.29, 0.717) is 15.6 Å². The number of halogens is 2. The van der Waals surface area contributed by atoms with Crippen LogP contribution in [0.3, 0.4) is 0 Å². The number of hydrogen-bond acceptors (Lipinski definition) is 3. The molecule has 0 fully saturated rings. The van der Waals surface area contributed by atoms with E-state index in [-0.39, 0.29) is 16.9 Å². The zero-order valence-electron chi connectivity index (χ0n) is 9.02. The first-order valence-electron chi connectivity index (χ1n) is 4.92. The minimum atomic E-state index is -1.11. The van der Waals surface area contributed by atoms with Gasteiger partial charge in [-0.1, -0.05) is 23.2 Å². The molecule has 0 aliphatic rings. The van der Waals surface area contributed by atoms with E-state index in [9.17, 15) is 4.79 Å². The molecule has 0 saturated carbocycles. The Kier molecular flexibility index (Phi) is 3.41. The minimum Gasteiger partial charge on any atom is -0.478 e. The second kappa shape index (κ2) is 4.84. The van der Waals surface area contributed by atoms with Crippen LogP contribution in [0.25, 0.3) is 11.3 Å². The molecule has 4 nitrogen and oxygen atoms in total. The lowest BCUT2D eigenvalue weighted by Gasteiger charge is -2.07. The number of aromatic carboxylic acids is 1. The molecular weight excluding hydrogens is 275 g/mol. The highest BCUT2D eigenvalue weighted by Crippen LogP contribution is 2.28. The van der Waals surface area contributed by atoms with Crippen LogP contribution in [0.15, 0.2) is 30.5 Å². The summed E-state index contributed by atoms with van der Waals surface area (Å²) in [5.74, 6) is -1.11. The Labute approximate surface area is 113 Å². The number of carboxylic acids is 1. The molecule has 0 unspecified atom stereocenters. The van der Waals surface area contributed by atoms with Gasteiger partial charge in [-0.15, -0.1) is 0 Å². The molecule has 0 aliphatic carbocycles. The lowest BCUT2D eigenvalue weighted by atomic mass is 10.1. The van der Waals surface area contributed by atoms with Crippen LogP contribution in [-0.2, 0) is 0 Å². The van der Waals surface area contributed by atoms with Crippen molar-refractivity contribution in [3.63, 3.8) is 0 Å². The number of rotatable bonds is 2.